The molecular weight excluding hydrogens is 382 g/mol. The first-order valence-corrected chi connectivity index (χ1v) is 8.99. The van der Waals surface area contributed by atoms with E-state index >= 15 is 0 Å². The Hall–Kier alpha value is -0.990. The lowest BCUT2D eigenvalue weighted by Crippen LogP contribution is -3.61. The molecular formula is C13H12FIO3S. The van der Waals surface area contributed by atoms with E-state index in [-0.39, 0.29) is 21.2 Å². The van der Waals surface area contributed by atoms with E-state index in [1.54, 1.807) is 0 Å². The Morgan fingerprint density at radius 2 is 1.21 bits per heavy atom. The maximum atomic E-state index is 10.6. The molecule has 102 valence electrons. The summed E-state index contributed by atoms with van der Waals surface area (Å²) in [5, 5.41) is 0. The third kappa shape index (κ3) is 7.91. The minimum absolute atomic E-state index is 0.0287. The summed E-state index contributed by atoms with van der Waals surface area (Å²) >= 11 is 0.0287. The average Bonchev–Trinajstić information content (AvgIpc) is 2.41. The van der Waals surface area contributed by atoms with Gasteiger partial charge in [0.1, 0.15) is 10.1 Å². The van der Waals surface area contributed by atoms with Gasteiger partial charge >= 0.3 is 21.2 Å². The lowest BCUT2D eigenvalue weighted by Gasteiger charge is -1.94. The Balaban J connectivity index is 0.000000258. The van der Waals surface area contributed by atoms with Crippen LogP contribution in [0.1, 0.15) is 0 Å². The van der Waals surface area contributed by atoms with Crippen LogP contribution in [-0.2, 0) is 10.1 Å². The van der Waals surface area contributed by atoms with Gasteiger partial charge in [-0.25, -0.2) is 12.8 Å². The van der Waals surface area contributed by atoms with Crippen molar-refractivity contribution in [2.45, 2.75) is 0 Å². The first kappa shape index (κ1) is 16.1. The minimum atomic E-state index is -4.58. The second kappa shape index (κ2) is 8.23. The predicted molar refractivity (Wildman–Crippen MR) is 66.0 cm³/mol. The van der Waals surface area contributed by atoms with Crippen LogP contribution in [0.3, 0.4) is 0 Å². The molecule has 0 aliphatic carbocycles. The lowest BCUT2D eigenvalue weighted by molar-refractivity contribution is -0.597. The van der Waals surface area contributed by atoms with Crippen molar-refractivity contribution >= 4 is 10.1 Å². The van der Waals surface area contributed by atoms with Crippen LogP contribution >= 0.6 is 0 Å². The molecule has 0 saturated heterocycles. The maximum absolute atomic E-state index is 10.6. The molecule has 0 radical (unpaired) electrons. The molecule has 0 unspecified atom stereocenters. The zero-order valence-corrected chi connectivity index (χ0v) is 12.8. The minimum Gasteiger partial charge on any atom is -0.746 e. The summed E-state index contributed by atoms with van der Waals surface area (Å²) < 4.78 is 40.8. The summed E-state index contributed by atoms with van der Waals surface area (Å²) in [4.78, 5) is 0. The van der Waals surface area contributed by atoms with E-state index in [0.717, 1.165) is 0 Å². The molecule has 0 atom stereocenters. The molecule has 0 fully saturated rings. The van der Waals surface area contributed by atoms with Gasteiger partial charge in [-0.3, -0.25) is 0 Å². The van der Waals surface area contributed by atoms with Crippen molar-refractivity contribution in [3.63, 3.8) is 0 Å². The fraction of sp³-hybridized carbons (Fsp3) is 0.0769. The quantitative estimate of drug-likeness (QED) is 0.510. The van der Waals surface area contributed by atoms with Crippen LogP contribution in [0.2, 0.25) is 0 Å². The van der Waals surface area contributed by atoms with Gasteiger partial charge in [0.25, 0.3) is 0 Å². The number of hydrogen-bond donors (Lipinski definition) is 0. The van der Waals surface area contributed by atoms with Crippen LogP contribution in [-0.4, -0.2) is 19.0 Å². The van der Waals surface area contributed by atoms with E-state index in [1.165, 1.54) is 7.14 Å². The Bertz CT molecular complexity index is 536. The molecule has 0 amide bonds. The van der Waals surface area contributed by atoms with Crippen molar-refractivity contribution in [3.8, 4) is 0 Å². The highest BCUT2D eigenvalue weighted by Gasteiger charge is 2.12. The first-order chi connectivity index (χ1) is 9.01. The Labute approximate surface area is 122 Å². The van der Waals surface area contributed by atoms with E-state index in [9.17, 15) is 4.39 Å². The highest BCUT2D eigenvalue weighted by atomic mass is 127. The third-order valence-corrected chi connectivity index (χ3v) is 4.77. The van der Waals surface area contributed by atoms with Crippen molar-refractivity contribution in [2.75, 3.05) is 6.01 Å². The number of halogens is 2. The smallest absolute Gasteiger partial charge is 0.357 e. The Kier molecular flexibility index (Phi) is 6.96. The van der Waals surface area contributed by atoms with Crippen LogP contribution in [0.25, 0.3) is 0 Å². The SMILES string of the molecule is O=S(=O)([O-])CF.c1ccc([I+]c2ccccc2)cc1. The van der Waals surface area contributed by atoms with Gasteiger partial charge in [-0.05, 0) is 24.3 Å². The lowest BCUT2D eigenvalue weighted by atomic mass is 10.4. The summed E-state index contributed by atoms with van der Waals surface area (Å²) in [6.07, 6.45) is 0. The molecule has 0 bridgehead atoms. The van der Waals surface area contributed by atoms with Crippen LogP contribution in [0, 0.1) is 7.14 Å². The van der Waals surface area contributed by atoms with Crippen LogP contribution in [0.4, 0.5) is 4.39 Å². The maximum Gasteiger partial charge on any atom is 0.357 e. The van der Waals surface area contributed by atoms with Crippen molar-refractivity contribution in [3.05, 3.63) is 67.8 Å². The van der Waals surface area contributed by atoms with Gasteiger partial charge in [-0.1, -0.05) is 36.4 Å². The van der Waals surface area contributed by atoms with Crippen molar-refractivity contribution in [2.24, 2.45) is 0 Å². The fourth-order valence-electron chi connectivity index (χ4n) is 1.08. The van der Waals surface area contributed by atoms with E-state index in [0.29, 0.717) is 0 Å². The summed E-state index contributed by atoms with van der Waals surface area (Å²) in [7, 11) is -4.58. The number of hydrogen-bond acceptors (Lipinski definition) is 3. The molecule has 0 aromatic heterocycles. The summed E-state index contributed by atoms with van der Waals surface area (Å²) in [5.74, 6) is 0. The van der Waals surface area contributed by atoms with Crippen LogP contribution in [0.5, 0.6) is 0 Å². The molecule has 0 aliphatic rings. The van der Waals surface area contributed by atoms with E-state index in [1.807, 2.05) is 0 Å². The zero-order chi connectivity index (χ0) is 14.1. The van der Waals surface area contributed by atoms with Gasteiger partial charge in [0.15, 0.2) is 13.1 Å². The van der Waals surface area contributed by atoms with Gasteiger partial charge in [-0.15, -0.1) is 0 Å². The molecule has 0 spiro atoms. The van der Waals surface area contributed by atoms with Gasteiger partial charge in [-0.2, -0.15) is 0 Å². The second-order valence-electron chi connectivity index (χ2n) is 3.35. The molecule has 0 N–H and O–H groups in total. The Morgan fingerprint density at radius 1 is 0.895 bits per heavy atom. The number of alkyl halides is 1. The third-order valence-electron chi connectivity index (χ3n) is 1.82. The second-order valence-corrected chi connectivity index (χ2v) is 7.72. The highest BCUT2D eigenvalue weighted by Crippen LogP contribution is 1.85. The monoisotopic (exact) mass is 394 g/mol. The van der Waals surface area contributed by atoms with E-state index in [2.05, 4.69) is 60.7 Å². The molecule has 6 heteroatoms. The molecule has 0 heterocycles. The molecule has 19 heavy (non-hydrogen) atoms. The molecule has 3 nitrogen and oxygen atoms in total. The van der Waals surface area contributed by atoms with Crippen molar-refractivity contribution in [1.29, 1.82) is 0 Å². The summed E-state index contributed by atoms with van der Waals surface area (Å²) in [6.45, 7) is 0. The standard InChI is InChI=1S/C12H10I.CH3FO3S/c1-3-7-11(8-4-1)13-12-9-5-2-6-10-12;2-1-6(3,4)5/h1-10H;1H2,(H,3,4,5)/q+1;/p-1. The van der Waals surface area contributed by atoms with E-state index < -0.39 is 16.1 Å². The predicted octanol–water partition coefficient (Wildman–Crippen LogP) is -0.726. The van der Waals surface area contributed by atoms with Crippen molar-refractivity contribution < 1.29 is 38.6 Å². The normalized spacial score (nSPS) is 10.4. The van der Waals surface area contributed by atoms with Crippen molar-refractivity contribution in [1.82, 2.24) is 0 Å². The van der Waals surface area contributed by atoms with Crippen LogP contribution < -0.4 is 21.2 Å². The largest absolute Gasteiger partial charge is 0.746 e. The molecule has 0 aliphatic heterocycles. The number of benzene rings is 2. The van der Waals surface area contributed by atoms with Crippen LogP contribution in [0.15, 0.2) is 60.7 Å². The molecule has 2 aromatic rings. The van der Waals surface area contributed by atoms with Gasteiger partial charge in [0, 0.05) is 0 Å². The average molecular weight is 394 g/mol. The van der Waals surface area contributed by atoms with Gasteiger partial charge in [0.05, 0.1) is 0 Å². The van der Waals surface area contributed by atoms with Gasteiger partial charge in [0.2, 0.25) is 0 Å². The number of rotatable bonds is 3. The van der Waals surface area contributed by atoms with E-state index in [4.69, 9.17) is 13.0 Å². The zero-order valence-electron chi connectivity index (χ0n) is 9.87. The highest BCUT2D eigenvalue weighted by molar-refractivity contribution is 7.85. The Morgan fingerprint density at radius 3 is 1.47 bits per heavy atom. The summed E-state index contributed by atoms with van der Waals surface area (Å²) in [5.41, 5.74) is 0. The molecule has 2 rings (SSSR count). The topological polar surface area (TPSA) is 57.2 Å². The first-order valence-electron chi connectivity index (χ1n) is 5.26. The van der Waals surface area contributed by atoms with Gasteiger partial charge < -0.3 is 4.55 Å². The fourth-order valence-corrected chi connectivity index (χ4v) is 3.35. The summed E-state index contributed by atoms with van der Waals surface area (Å²) in [6, 6.07) is 19.6. The molecule has 2 aromatic carbocycles. The molecule has 0 saturated carbocycles.